The molecule has 0 saturated carbocycles. The second kappa shape index (κ2) is 6.84. The van der Waals surface area contributed by atoms with Gasteiger partial charge < -0.3 is 20.1 Å². The summed E-state index contributed by atoms with van der Waals surface area (Å²) in [6, 6.07) is 5.44. The van der Waals surface area contributed by atoms with Gasteiger partial charge in [-0.25, -0.2) is 4.39 Å². The molecule has 19 heavy (non-hydrogen) atoms. The van der Waals surface area contributed by atoms with Gasteiger partial charge in [0.15, 0.2) is 0 Å². The van der Waals surface area contributed by atoms with E-state index in [1.54, 1.807) is 12.1 Å². The molecule has 1 aromatic carbocycles. The van der Waals surface area contributed by atoms with Crippen LogP contribution in [0.3, 0.4) is 0 Å². The third-order valence-electron chi connectivity index (χ3n) is 3.85. The SMILES string of the molecule is COc1ccc(C[NH+]2CC[NH2+]C[C@H]2CCO)c(F)c1. The maximum Gasteiger partial charge on any atom is 0.140 e. The molecule has 4 nitrogen and oxygen atoms in total. The summed E-state index contributed by atoms with van der Waals surface area (Å²) in [6.45, 7) is 3.96. The highest BCUT2D eigenvalue weighted by atomic mass is 19.1. The number of halogens is 1. The van der Waals surface area contributed by atoms with Gasteiger partial charge in [0.25, 0.3) is 0 Å². The molecule has 1 heterocycles. The van der Waals surface area contributed by atoms with Crippen LogP contribution in [0.5, 0.6) is 5.75 Å². The standard InChI is InChI=1S/C14H21FN2O2/c1-19-13-3-2-11(14(15)8-13)10-17-6-5-16-9-12(17)4-7-18/h2-3,8,12,16,18H,4-7,9-10H2,1H3/p+2/t12-/m1/s1. The maximum atomic E-state index is 14.0. The summed E-state index contributed by atoms with van der Waals surface area (Å²) in [6.07, 6.45) is 0.781. The molecule has 0 spiro atoms. The molecule has 1 aliphatic heterocycles. The fourth-order valence-corrected chi connectivity index (χ4v) is 2.73. The van der Waals surface area contributed by atoms with Crippen LogP contribution in [0.2, 0.25) is 0 Å². The van der Waals surface area contributed by atoms with Crippen LogP contribution in [-0.4, -0.2) is 44.5 Å². The summed E-state index contributed by atoms with van der Waals surface area (Å²) in [5.41, 5.74) is 0.723. The fraction of sp³-hybridized carbons (Fsp3) is 0.571. The van der Waals surface area contributed by atoms with E-state index in [-0.39, 0.29) is 12.4 Å². The van der Waals surface area contributed by atoms with Gasteiger partial charge in [-0.05, 0) is 12.1 Å². The Morgan fingerprint density at radius 2 is 2.37 bits per heavy atom. The van der Waals surface area contributed by atoms with Crippen molar-refractivity contribution in [2.75, 3.05) is 33.4 Å². The zero-order valence-electron chi connectivity index (χ0n) is 11.4. The molecule has 4 N–H and O–H groups in total. The molecule has 0 bridgehead atoms. The molecule has 1 fully saturated rings. The van der Waals surface area contributed by atoms with Gasteiger partial charge >= 0.3 is 0 Å². The van der Waals surface area contributed by atoms with Gasteiger partial charge in [0.05, 0.1) is 7.11 Å². The number of rotatable bonds is 5. The predicted molar refractivity (Wildman–Crippen MR) is 69.6 cm³/mol. The number of nitrogens with one attached hydrogen (secondary N) is 1. The van der Waals surface area contributed by atoms with Crippen molar-refractivity contribution in [3.8, 4) is 5.75 Å². The van der Waals surface area contributed by atoms with Crippen LogP contribution in [0.1, 0.15) is 12.0 Å². The summed E-state index contributed by atoms with van der Waals surface area (Å²) in [5, 5.41) is 11.4. The van der Waals surface area contributed by atoms with Crippen molar-refractivity contribution in [3.63, 3.8) is 0 Å². The molecule has 106 valence electrons. The lowest BCUT2D eigenvalue weighted by Crippen LogP contribution is -3.23. The molecule has 0 aromatic heterocycles. The summed E-state index contributed by atoms with van der Waals surface area (Å²) in [5.74, 6) is 0.347. The molecular weight excluding hydrogens is 247 g/mol. The Balaban J connectivity index is 2.06. The van der Waals surface area contributed by atoms with E-state index in [0.29, 0.717) is 18.3 Å². The zero-order valence-corrected chi connectivity index (χ0v) is 11.4. The van der Waals surface area contributed by atoms with E-state index < -0.39 is 0 Å². The molecule has 2 rings (SSSR count). The van der Waals surface area contributed by atoms with Crippen LogP contribution in [0.25, 0.3) is 0 Å². The second-order valence-corrected chi connectivity index (χ2v) is 5.06. The highest BCUT2D eigenvalue weighted by molar-refractivity contribution is 5.28. The van der Waals surface area contributed by atoms with Gasteiger partial charge in [0.1, 0.15) is 43.8 Å². The Labute approximate surface area is 113 Å². The van der Waals surface area contributed by atoms with Crippen molar-refractivity contribution in [2.24, 2.45) is 0 Å². The second-order valence-electron chi connectivity index (χ2n) is 5.06. The minimum Gasteiger partial charge on any atom is -0.497 e. The van der Waals surface area contributed by atoms with Gasteiger partial charge in [0.2, 0.25) is 0 Å². The highest BCUT2D eigenvalue weighted by Crippen LogP contribution is 2.15. The monoisotopic (exact) mass is 270 g/mol. The fourth-order valence-electron chi connectivity index (χ4n) is 2.73. The third-order valence-corrected chi connectivity index (χ3v) is 3.85. The van der Waals surface area contributed by atoms with E-state index in [0.717, 1.165) is 31.6 Å². The number of benzene rings is 1. The first-order chi connectivity index (χ1) is 9.24. The van der Waals surface area contributed by atoms with Crippen molar-refractivity contribution in [1.82, 2.24) is 0 Å². The number of methoxy groups -OCH3 is 1. The molecule has 1 aromatic rings. The minimum atomic E-state index is -0.204. The first kappa shape index (κ1) is 14.2. The Morgan fingerprint density at radius 1 is 1.53 bits per heavy atom. The van der Waals surface area contributed by atoms with E-state index in [9.17, 15) is 4.39 Å². The van der Waals surface area contributed by atoms with Gasteiger partial charge in [0, 0.05) is 24.7 Å². The minimum absolute atomic E-state index is 0.201. The molecule has 1 unspecified atom stereocenters. The van der Waals surface area contributed by atoms with E-state index >= 15 is 0 Å². The van der Waals surface area contributed by atoms with E-state index in [1.165, 1.54) is 18.1 Å². The van der Waals surface area contributed by atoms with Crippen molar-refractivity contribution in [3.05, 3.63) is 29.6 Å². The van der Waals surface area contributed by atoms with E-state index in [1.807, 2.05) is 0 Å². The number of hydrogen-bond donors (Lipinski definition) is 3. The molecule has 0 amide bonds. The lowest BCUT2D eigenvalue weighted by atomic mass is 10.1. The van der Waals surface area contributed by atoms with Crippen LogP contribution in [0, 0.1) is 5.82 Å². The summed E-state index contributed by atoms with van der Waals surface area (Å²) >= 11 is 0. The third kappa shape index (κ3) is 3.65. The van der Waals surface area contributed by atoms with Gasteiger partial charge in [-0.15, -0.1) is 0 Å². The lowest BCUT2D eigenvalue weighted by Gasteiger charge is -2.30. The molecule has 0 aliphatic carbocycles. The van der Waals surface area contributed by atoms with Crippen LogP contribution in [-0.2, 0) is 6.54 Å². The molecule has 5 heteroatoms. The Bertz CT molecular complexity index is 412. The Hall–Kier alpha value is -1.17. The first-order valence-electron chi connectivity index (χ1n) is 6.84. The van der Waals surface area contributed by atoms with Crippen molar-refractivity contribution in [2.45, 2.75) is 19.0 Å². The number of nitrogens with two attached hydrogens (primary N) is 1. The largest absolute Gasteiger partial charge is 0.497 e. The molecule has 1 aliphatic rings. The number of quaternary nitrogens is 2. The Morgan fingerprint density at radius 3 is 3.05 bits per heavy atom. The smallest absolute Gasteiger partial charge is 0.140 e. The van der Waals surface area contributed by atoms with E-state index in [2.05, 4.69) is 5.32 Å². The Kier molecular flexibility index (Phi) is 5.13. The number of hydrogen-bond acceptors (Lipinski definition) is 2. The van der Waals surface area contributed by atoms with E-state index in [4.69, 9.17) is 9.84 Å². The normalized spacial score (nSPS) is 23.3. The maximum absolute atomic E-state index is 14.0. The highest BCUT2D eigenvalue weighted by Gasteiger charge is 2.28. The van der Waals surface area contributed by atoms with Crippen LogP contribution < -0.4 is 15.0 Å². The molecule has 0 radical (unpaired) electrons. The quantitative estimate of drug-likeness (QED) is 0.613. The van der Waals surface area contributed by atoms with Crippen molar-refractivity contribution >= 4 is 0 Å². The van der Waals surface area contributed by atoms with Gasteiger partial charge in [-0.1, -0.05) is 0 Å². The lowest BCUT2D eigenvalue weighted by molar-refractivity contribution is -0.982. The number of ether oxygens (including phenoxy) is 1. The zero-order chi connectivity index (χ0) is 13.7. The predicted octanol–water partition coefficient (Wildman–Crippen LogP) is -1.45. The average Bonchev–Trinajstić information content (AvgIpc) is 2.43. The summed E-state index contributed by atoms with van der Waals surface area (Å²) in [4.78, 5) is 1.36. The number of piperazine rings is 1. The van der Waals surface area contributed by atoms with Crippen molar-refractivity contribution < 1.29 is 24.5 Å². The number of aliphatic hydroxyl groups is 1. The van der Waals surface area contributed by atoms with Crippen LogP contribution in [0.4, 0.5) is 4.39 Å². The summed E-state index contributed by atoms with van der Waals surface area (Å²) < 4.78 is 19.0. The molecule has 1 saturated heterocycles. The van der Waals surface area contributed by atoms with Gasteiger partial charge in [-0.3, -0.25) is 0 Å². The topological polar surface area (TPSA) is 50.5 Å². The van der Waals surface area contributed by atoms with Crippen LogP contribution in [0.15, 0.2) is 18.2 Å². The molecule has 2 atom stereocenters. The summed E-state index contributed by atoms with van der Waals surface area (Å²) in [7, 11) is 1.54. The van der Waals surface area contributed by atoms with Gasteiger partial charge in [-0.2, -0.15) is 0 Å². The first-order valence-corrected chi connectivity index (χ1v) is 6.84. The number of aliphatic hydroxyl groups excluding tert-OH is 1. The average molecular weight is 270 g/mol. The molecular formula is C14H23FN2O2+2. The van der Waals surface area contributed by atoms with Crippen molar-refractivity contribution in [1.29, 1.82) is 0 Å². The van der Waals surface area contributed by atoms with Crippen LogP contribution >= 0.6 is 0 Å².